The van der Waals surface area contributed by atoms with E-state index >= 15 is 0 Å². The van der Waals surface area contributed by atoms with Crippen LogP contribution in [0.1, 0.15) is 19.6 Å². The number of furan rings is 1. The summed E-state index contributed by atoms with van der Waals surface area (Å²) in [7, 11) is -3.56. The molecule has 0 bridgehead atoms. The van der Waals surface area contributed by atoms with Crippen LogP contribution in [0.25, 0.3) is 11.3 Å². The van der Waals surface area contributed by atoms with Crippen LogP contribution < -0.4 is 5.43 Å². The van der Waals surface area contributed by atoms with Gasteiger partial charge in [-0.1, -0.05) is 13.8 Å². The van der Waals surface area contributed by atoms with Gasteiger partial charge in [-0.25, -0.2) is 13.4 Å². The zero-order valence-electron chi connectivity index (χ0n) is 16.9. The smallest absolute Gasteiger partial charge is 0.269 e. The first-order valence-electron chi connectivity index (χ1n) is 9.45. The van der Waals surface area contributed by atoms with E-state index in [0.717, 1.165) is 0 Å². The van der Waals surface area contributed by atoms with Gasteiger partial charge in [-0.3, -0.25) is 15.5 Å². The number of nitro groups is 1. The van der Waals surface area contributed by atoms with Gasteiger partial charge in [-0.2, -0.15) is 9.41 Å². The number of rotatable bonds is 9. The first-order valence-corrected chi connectivity index (χ1v) is 10.9. The summed E-state index contributed by atoms with van der Waals surface area (Å²) >= 11 is 0. The third-order valence-electron chi connectivity index (χ3n) is 4.44. The predicted molar refractivity (Wildman–Crippen MR) is 116 cm³/mol. The highest BCUT2D eigenvalue weighted by Gasteiger charge is 2.21. The minimum absolute atomic E-state index is 0.00436. The van der Waals surface area contributed by atoms with Gasteiger partial charge < -0.3 is 4.42 Å². The number of hydrazone groups is 1. The molecular formula is C20H21N5O5S. The molecule has 0 saturated carbocycles. The highest BCUT2D eigenvalue weighted by Crippen LogP contribution is 2.24. The summed E-state index contributed by atoms with van der Waals surface area (Å²) in [5.74, 6) is 1.37. The molecule has 0 aliphatic carbocycles. The summed E-state index contributed by atoms with van der Waals surface area (Å²) in [6.07, 6.45) is 2.72. The molecule has 2 heterocycles. The van der Waals surface area contributed by atoms with Gasteiger partial charge in [0.1, 0.15) is 22.2 Å². The lowest BCUT2D eigenvalue weighted by molar-refractivity contribution is -0.384. The maximum Gasteiger partial charge on any atom is 0.269 e. The summed E-state index contributed by atoms with van der Waals surface area (Å²) in [6.45, 7) is 4.32. The number of nitrogens with zero attached hydrogens (tertiary/aromatic N) is 4. The van der Waals surface area contributed by atoms with E-state index in [-0.39, 0.29) is 10.6 Å². The lowest BCUT2D eigenvalue weighted by Gasteiger charge is -2.18. The van der Waals surface area contributed by atoms with Gasteiger partial charge in [-0.15, -0.1) is 0 Å². The summed E-state index contributed by atoms with van der Waals surface area (Å²) in [5.41, 5.74) is 3.42. The molecule has 0 atom stereocenters. The van der Waals surface area contributed by atoms with E-state index in [0.29, 0.717) is 36.0 Å². The van der Waals surface area contributed by atoms with Crippen LogP contribution in [0.3, 0.4) is 0 Å². The minimum Gasteiger partial charge on any atom is -0.455 e. The number of hydrogen-bond acceptors (Lipinski definition) is 8. The van der Waals surface area contributed by atoms with Crippen molar-refractivity contribution >= 4 is 27.7 Å². The molecule has 0 unspecified atom stereocenters. The van der Waals surface area contributed by atoms with E-state index in [9.17, 15) is 18.5 Å². The Hall–Kier alpha value is -3.57. The van der Waals surface area contributed by atoms with Gasteiger partial charge in [-0.05, 0) is 36.4 Å². The second-order valence-electron chi connectivity index (χ2n) is 6.34. The number of pyridine rings is 1. The van der Waals surface area contributed by atoms with E-state index in [1.54, 1.807) is 38.1 Å². The average Bonchev–Trinajstić information content (AvgIpc) is 3.24. The molecule has 0 aliphatic rings. The van der Waals surface area contributed by atoms with Crippen molar-refractivity contribution in [2.75, 3.05) is 18.5 Å². The number of nitrogens with one attached hydrogen (secondary N) is 1. The van der Waals surface area contributed by atoms with Crippen LogP contribution in [0.4, 0.5) is 11.5 Å². The lowest BCUT2D eigenvalue weighted by atomic mass is 10.1. The SMILES string of the molecule is CCN(CC)S(=O)(=O)c1ccc(N/N=C\c2ccc(-c3ccc([N+](=O)[O-])cc3)o2)nc1. The Kier molecular flexibility index (Phi) is 6.78. The summed E-state index contributed by atoms with van der Waals surface area (Å²) < 4.78 is 31.9. The Balaban J connectivity index is 1.64. The number of aromatic nitrogens is 1. The van der Waals surface area contributed by atoms with Gasteiger partial charge in [0.25, 0.3) is 5.69 Å². The van der Waals surface area contributed by atoms with Gasteiger partial charge in [0, 0.05) is 37.0 Å². The summed E-state index contributed by atoms with van der Waals surface area (Å²) in [6, 6.07) is 12.5. The van der Waals surface area contributed by atoms with Crippen molar-refractivity contribution in [2.45, 2.75) is 18.7 Å². The standard InChI is InChI=1S/C20H21N5O5S/c1-3-24(4-2)31(28,29)18-10-12-20(21-14-18)23-22-13-17-9-11-19(30-17)15-5-7-16(8-6-15)25(26)27/h5-14H,3-4H2,1-2H3,(H,21,23)/b22-13-. The molecule has 3 rings (SSSR count). The van der Waals surface area contributed by atoms with Crippen LogP contribution in [0.2, 0.25) is 0 Å². The quantitative estimate of drug-likeness (QED) is 0.303. The maximum absolute atomic E-state index is 12.5. The van der Waals surface area contributed by atoms with Crippen LogP contribution in [0.5, 0.6) is 0 Å². The molecule has 0 aliphatic heterocycles. The Labute approximate surface area is 179 Å². The van der Waals surface area contributed by atoms with E-state index in [1.165, 1.54) is 41.0 Å². The van der Waals surface area contributed by atoms with Crippen LogP contribution in [-0.4, -0.2) is 41.9 Å². The van der Waals surface area contributed by atoms with Crippen LogP contribution >= 0.6 is 0 Å². The second-order valence-corrected chi connectivity index (χ2v) is 8.28. The number of anilines is 1. The van der Waals surface area contributed by atoms with Crippen molar-refractivity contribution in [3.05, 3.63) is 70.6 Å². The molecule has 1 N–H and O–H groups in total. The number of nitro benzene ring substituents is 1. The van der Waals surface area contributed by atoms with Crippen LogP contribution in [-0.2, 0) is 10.0 Å². The predicted octanol–water partition coefficient (Wildman–Crippen LogP) is 3.73. The average molecular weight is 443 g/mol. The fraction of sp³-hybridized carbons (Fsp3) is 0.200. The molecular weight excluding hydrogens is 422 g/mol. The fourth-order valence-corrected chi connectivity index (χ4v) is 4.20. The molecule has 162 valence electrons. The third-order valence-corrected chi connectivity index (χ3v) is 6.47. The monoisotopic (exact) mass is 443 g/mol. The molecule has 2 aromatic heterocycles. The third kappa shape index (κ3) is 5.13. The first-order chi connectivity index (χ1) is 14.8. The Morgan fingerprint density at radius 2 is 1.84 bits per heavy atom. The fourth-order valence-electron chi connectivity index (χ4n) is 2.80. The normalized spacial score (nSPS) is 11.8. The topological polar surface area (TPSA) is 131 Å². The Morgan fingerprint density at radius 3 is 2.42 bits per heavy atom. The van der Waals surface area contributed by atoms with Crippen LogP contribution in [0.15, 0.2) is 69.1 Å². The molecule has 0 radical (unpaired) electrons. The zero-order valence-corrected chi connectivity index (χ0v) is 17.7. The highest BCUT2D eigenvalue weighted by atomic mass is 32.2. The summed E-state index contributed by atoms with van der Waals surface area (Å²) in [4.78, 5) is 14.5. The molecule has 0 amide bonds. The molecule has 0 fully saturated rings. The maximum atomic E-state index is 12.5. The highest BCUT2D eigenvalue weighted by molar-refractivity contribution is 7.89. The van der Waals surface area contributed by atoms with Crippen molar-refractivity contribution in [3.8, 4) is 11.3 Å². The molecule has 0 spiro atoms. The minimum atomic E-state index is -3.56. The number of non-ortho nitro benzene ring substituents is 1. The van der Waals surface area contributed by atoms with Gasteiger partial charge in [0.15, 0.2) is 0 Å². The molecule has 0 saturated heterocycles. The lowest BCUT2D eigenvalue weighted by Crippen LogP contribution is -2.30. The molecule has 11 heteroatoms. The van der Waals surface area contributed by atoms with E-state index in [2.05, 4.69) is 15.5 Å². The van der Waals surface area contributed by atoms with Crippen molar-refractivity contribution in [1.82, 2.24) is 9.29 Å². The molecule has 10 nitrogen and oxygen atoms in total. The van der Waals surface area contributed by atoms with Gasteiger partial charge >= 0.3 is 0 Å². The first kappa shape index (κ1) is 22.1. The van der Waals surface area contributed by atoms with Gasteiger partial charge in [0.05, 0.1) is 11.1 Å². The van der Waals surface area contributed by atoms with Crippen molar-refractivity contribution in [1.29, 1.82) is 0 Å². The van der Waals surface area contributed by atoms with Crippen molar-refractivity contribution < 1.29 is 17.8 Å². The van der Waals surface area contributed by atoms with E-state index < -0.39 is 14.9 Å². The van der Waals surface area contributed by atoms with E-state index in [4.69, 9.17) is 4.42 Å². The molecule has 3 aromatic rings. The van der Waals surface area contributed by atoms with E-state index in [1.807, 2.05) is 0 Å². The van der Waals surface area contributed by atoms with Crippen molar-refractivity contribution in [3.63, 3.8) is 0 Å². The zero-order chi connectivity index (χ0) is 22.4. The number of hydrogen-bond donors (Lipinski definition) is 1. The Bertz CT molecular complexity index is 1170. The largest absolute Gasteiger partial charge is 0.455 e. The summed E-state index contributed by atoms with van der Waals surface area (Å²) in [5, 5.41) is 14.8. The molecule has 1 aromatic carbocycles. The Morgan fingerprint density at radius 1 is 1.13 bits per heavy atom. The van der Waals surface area contributed by atoms with Crippen LogP contribution in [0, 0.1) is 10.1 Å². The second kappa shape index (κ2) is 9.49. The van der Waals surface area contributed by atoms with Gasteiger partial charge in [0.2, 0.25) is 10.0 Å². The molecule has 31 heavy (non-hydrogen) atoms. The number of sulfonamides is 1. The number of benzene rings is 1. The van der Waals surface area contributed by atoms with Crippen molar-refractivity contribution in [2.24, 2.45) is 5.10 Å².